The Hall–Kier alpha value is -1.61. The quantitative estimate of drug-likeness (QED) is 0.849. The van der Waals surface area contributed by atoms with E-state index in [9.17, 15) is 0 Å². The smallest absolute Gasteiger partial charge is 0.0794 e. The molecule has 3 nitrogen and oxygen atoms in total. The van der Waals surface area contributed by atoms with E-state index >= 15 is 0 Å². The summed E-state index contributed by atoms with van der Waals surface area (Å²) in [5, 5.41) is 11.5. The van der Waals surface area contributed by atoms with Crippen LogP contribution in [-0.4, -0.2) is 16.2 Å². The minimum atomic E-state index is 0.570. The maximum atomic E-state index is 4.56. The van der Waals surface area contributed by atoms with Gasteiger partial charge in [-0.3, -0.25) is 5.10 Å². The zero-order valence-corrected chi connectivity index (χ0v) is 12.5. The first kappa shape index (κ1) is 13.1. The highest BCUT2D eigenvalue weighted by molar-refractivity contribution is 5.33. The molecule has 0 saturated heterocycles. The number of hydrogen-bond donors (Lipinski definition) is 2. The molecule has 0 atom stereocenters. The maximum absolute atomic E-state index is 4.56. The van der Waals surface area contributed by atoms with E-state index in [1.807, 2.05) is 0 Å². The molecule has 0 radical (unpaired) electrons. The van der Waals surface area contributed by atoms with Gasteiger partial charge in [-0.15, -0.1) is 0 Å². The minimum Gasteiger partial charge on any atom is -0.308 e. The average Bonchev–Trinajstić information content (AvgIpc) is 3.01. The lowest BCUT2D eigenvalue weighted by atomic mass is 10.1. The van der Waals surface area contributed by atoms with Gasteiger partial charge in [0, 0.05) is 18.3 Å². The highest BCUT2D eigenvalue weighted by Gasteiger charge is 2.22. The van der Waals surface area contributed by atoms with E-state index in [4.69, 9.17) is 0 Å². The zero-order chi connectivity index (χ0) is 14.1. The molecule has 2 aliphatic rings. The fraction of sp³-hybridized carbons (Fsp3) is 0.500. The molecule has 1 heterocycles. The van der Waals surface area contributed by atoms with E-state index in [1.165, 1.54) is 60.2 Å². The van der Waals surface area contributed by atoms with Gasteiger partial charge in [0.05, 0.1) is 5.69 Å². The summed E-state index contributed by atoms with van der Waals surface area (Å²) in [6.07, 6.45) is 8.66. The topological polar surface area (TPSA) is 40.7 Å². The Labute approximate surface area is 126 Å². The summed E-state index contributed by atoms with van der Waals surface area (Å²) in [5.41, 5.74) is 7.16. The molecule has 2 aromatic rings. The molecule has 0 aliphatic heterocycles. The molecule has 1 aromatic carbocycles. The van der Waals surface area contributed by atoms with Crippen molar-refractivity contribution in [2.24, 2.45) is 0 Å². The third-order valence-electron chi connectivity index (χ3n) is 5.00. The first-order valence-electron chi connectivity index (χ1n) is 8.25. The second kappa shape index (κ2) is 5.64. The third-order valence-corrected chi connectivity index (χ3v) is 5.00. The summed E-state index contributed by atoms with van der Waals surface area (Å²) >= 11 is 0. The molecule has 0 spiro atoms. The van der Waals surface area contributed by atoms with Crippen LogP contribution < -0.4 is 5.32 Å². The molecule has 0 fully saturated rings. The molecule has 3 heteroatoms. The molecule has 0 saturated carbocycles. The van der Waals surface area contributed by atoms with Crippen LogP contribution in [0.2, 0.25) is 0 Å². The number of hydrogen-bond acceptors (Lipinski definition) is 2. The van der Waals surface area contributed by atoms with Gasteiger partial charge in [0.25, 0.3) is 0 Å². The Morgan fingerprint density at radius 1 is 1.05 bits per heavy atom. The van der Waals surface area contributed by atoms with E-state index in [1.54, 1.807) is 0 Å². The maximum Gasteiger partial charge on any atom is 0.0794 e. The zero-order valence-electron chi connectivity index (χ0n) is 12.5. The van der Waals surface area contributed by atoms with Crippen LogP contribution in [0.5, 0.6) is 0 Å². The Morgan fingerprint density at radius 3 is 2.62 bits per heavy atom. The Bertz CT molecular complexity index is 604. The largest absolute Gasteiger partial charge is 0.308 e. The van der Waals surface area contributed by atoms with Gasteiger partial charge in [-0.05, 0) is 55.2 Å². The van der Waals surface area contributed by atoms with Gasteiger partial charge in [-0.25, -0.2) is 0 Å². The molecule has 110 valence electrons. The van der Waals surface area contributed by atoms with Crippen LogP contribution in [0.3, 0.4) is 0 Å². The molecular weight excluding hydrogens is 258 g/mol. The second-order valence-corrected chi connectivity index (χ2v) is 6.44. The summed E-state index contributed by atoms with van der Waals surface area (Å²) < 4.78 is 0. The predicted octanol–water partition coefficient (Wildman–Crippen LogP) is 2.94. The lowest BCUT2D eigenvalue weighted by Crippen LogP contribution is -2.29. The van der Waals surface area contributed by atoms with Crippen LogP contribution in [0.4, 0.5) is 0 Å². The van der Waals surface area contributed by atoms with Gasteiger partial charge in [-0.1, -0.05) is 30.7 Å². The number of H-pyrrole nitrogens is 1. The molecule has 1 aromatic heterocycles. The van der Waals surface area contributed by atoms with Gasteiger partial charge < -0.3 is 5.32 Å². The van der Waals surface area contributed by atoms with Gasteiger partial charge in [-0.2, -0.15) is 5.10 Å². The normalized spacial score (nSPS) is 18.3. The Kier molecular flexibility index (Phi) is 3.52. The van der Waals surface area contributed by atoms with Gasteiger partial charge in [0.15, 0.2) is 0 Å². The number of aromatic amines is 1. The van der Waals surface area contributed by atoms with Gasteiger partial charge in [0.1, 0.15) is 0 Å². The fourth-order valence-corrected chi connectivity index (χ4v) is 3.82. The third kappa shape index (κ3) is 2.62. The average molecular weight is 281 g/mol. The van der Waals surface area contributed by atoms with E-state index < -0.39 is 0 Å². The lowest BCUT2D eigenvalue weighted by molar-refractivity contribution is 0.525. The van der Waals surface area contributed by atoms with E-state index in [0.29, 0.717) is 6.04 Å². The number of benzene rings is 1. The number of aromatic nitrogens is 2. The van der Waals surface area contributed by atoms with Gasteiger partial charge in [0.2, 0.25) is 0 Å². The minimum absolute atomic E-state index is 0.570. The summed E-state index contributed by atoms with van der Waals surface area (Å²) in [7, 11) is 0. The van der Waals surface area contributed by atoms with Crippen molar-refractivity contribution in [3.05, 3.63) is 52.3 Å². The molecule has 2 N–H and O–H groups in total. The van der Waals surface area contributed by atoms with Crippen molar-refractivity contribution in [1.82, 2.24) is 15.5 Å². The second-order valence-electron chi connectivity index (χ2n) is 6.44. The number of fused-ring (bicyclic) bond motifs is 2. The van der Waals surface area contributed by atoms with E-state index in [-0.39, 0.29) is 0 Å². The summed E-state index contributed by atoms with van der Waals surface area (Å²) in [6, 6.07) is 9.39. The first-order valence-corrected chi connectivity index (χ1v) is 8.25. The van der Waals surface area contributed by atoms with Crippen LogP contribution in [0.25, 0.3) is 0 Å². The van der Waals surface area contributed by atoms with Crippen molar-refractivity contribution in [1.29, 1.82) is 0 Å². The van der Waals surface area contributed by atoms with Gasteiger partial charge >= 0.3 is 0 Å². The van der Waals surface area contributed by atoms with Crippen LogP contribution in [-0.2, 0) is 32.2 Å². The highest BCUT2D eigenvalue weighted by atomic mass is 15.1. The van der Waals surface area contributed by atoms with Crippen molar-refractivity contribution in [3.8, 4) is 0 Å². The van der Waals surface area contributed by atoms with Crippen LogP contribution in [0.1, 0.15) is 47.3 Å². The van der Waals surface area contributed by atoms with E-state index in [2.05, 4.69) is 39.8 Å². The number of nitrogens with zero attached hydrogens (tertiary/aromatic N) is 1. The van der Waals surface area contributed by atoms with Crippen molar-refractivity contribution >= 4 is 0 Å². The molecule has 0 amide bonds. The SMILES string of the molecule is c1ccc2c(c1)CC(NCc1n[nH]c3c1CCCCC3)C2. The van der Waals surface area contributed by atoms with E-state index in [0.717, 1.165) is 19.4 Å². The predicted molar refractivity (Wildman–Crippen MR) is 84.3 cm³/mol. The molecule has 2 aliphatic carbocycles. The number of aryl methyl sites for hydroxylation is 1. The number of nitrogens with one attached hydrogen (secondary N) is 2. The van der Waals surface area contributed by atoms with Crippen molar-refractivity contribution < 1.29 is 0 Å². The standard InChI is InChI=1S/C18H23N3/c1-2-8-16-17(9-3-1)20-21-18(16)12-19-15-10-13-6-4-5-7-14(13)11-15/h4-7,15,19H,1-3,8-12H2,(H,20,21). The van der Waals surface area contributed by atoms with Crippen molar-refractivity contribution in [2.45, 2.75) is 57.5 Å². The summed E-state index contributed by atoms with van der Waals surface area (Å²) in [5.74, 6) is 0. The monoisotopic (exact) mass is 281 g/mol. The molecule has 0 bridgehead atoms. The van der Waals surface area contributed by atoms with Crippen LogP contribution >= 0.6 is 0 Å². The Balaban J connectivity index is 1.41. The molecule has 0 unspecified atom stereocenters. The lowest BCUT2D eigenvalue weighted by Gasteiger charge is -2.11. The molecule has 4 rings (SSSR count). The van der Waals surface area contributed by atoms with Crippen LogP contribution in [0.15, 0.2) is 24.3 Å². The first-order chi connectivity index (χ1) is 10.4. The van der Waals surface area contributed by atoms with Crippen LogP contribution in [0, 0.1) is 0 Å². The molecular formula is C18H23N3. The fourth-order valence-electron chi connectivity index (χ4n) is 3.82. The highest BCUT2D eigenvalue weighted by Crippen LogP contribution is 2.24. The van der Waals surface area contributed by atoms with Crippen molar-refractivity contribution in [2.75, 3.05) is 0 Å². The Morgan fingerprint density at radius 2 is 1.81 bits per heavy atom. The summed E-state index contributed by atoms with van der Waals surface area (Å²) in [4.78, 5) is 0. The summed E-state index contributed by atoms with van der Waals surface area (Å²) in [6.45, 7) is 0.907. The number of rotatable bonds is 3. The molecule has 21 heavy (non-hydrogen) atoms. The van der Waals surface area contributed by atoms with Crippen molar-refractivity contribution in [3.63, 3.8) is 0 Å².